The third-order valence-electron chi connectivity index (χ3n) is 1.60. The zero-order chi connectivity index (χ0) is 5.82. The zero-order valence-corrected chi connectivity index (χ0v) is 5.19. The van der Waals surface area contributed by atoms with Crippen molar-refractivity contribution in [3.05, 3.63) is 18.2 Å². The van der Waals surface area contributed by atoms with Crippen LogP contribution in [0.5, 0.6) is 0 Å². The molecule has 0 N–H and O–H groups in total. The van der Waals surface area contributed by atoms with Gasteiger partial charge < -0.3 is 5.32 Å². The van der Waals surface area contributed by atoms with Crippen LogP contribution in [-0.4, -0.2) is 13.1 Å². The number of hydrogen-bond donors (Lipinski definition) is 0. The monoisotopic (exact) mass is 110 g/mol. The van der Waals surface area contributed by atoms with E-state index in [1.807, 2.05) is 0 Å². The Kier molecular flexibility index (Phi) is 2.22. The molecule has 1 radical (unpaired) electrons. The maximum absolute atomic E-state index is 4.23. The van der Waals surface area contributed by atoms with Gasteiger partial charge in [0.2, 0.25) is 0 Å². The zero-order valence-electron chi connectivity index (χ0n) is 5.19. The highest BCUT2D eigenvalue weighted by Gasteiger charge is 2.07. The predicted molar refractivity (Wildman–Crippen MR) is 35.5 cm³/mol. The Morgan fingerprint density at radius 2 is 2.00 bits per heavy atom. The molecule has 1 aliphatic heterocycles. The summed E-state index contributed by atoms with van der Waals surface area (Å²) in [5.41, 5.74) is 0. The standard InChI is InChI=1S/C7H12N/c1-2-7-3-5-8-6-4-7/h1-6H2. The highest BCUT2D eigenvalue weighted by molar-refractivity contribution is 5.03. The van der Waals surface area contributed by atoms with Crippen LogP contribution in [0.3, 0.4) is 0 Å². The van der Waals surface area contributed by atoms with Crippen molar-refractivity contribution in [2.24, 2.45) is 0 Å². The van der Waals surface area contributed by atoms with Gasteiger partial charge in [-0.25, -0.2) is 0 Å². The van der Waals surface area contributed by atoms with Crippen molar-refractivity contribution >= 4 is 0 Å². The number of piperidine rings is 1. The molecule has 1 rings (SSSR count). The molecule has 0 aromatic rings. The molecule has 0 saturated carbocycles. The normalized spacial score (nSPS) is 23.5. The molecule has 45 valence electrons. The molecule has 8 heavy (non-hydrogen) atoms. The smallest absolute Gasteiger partial charge is 0.0912 e. The maximum atomic E-state index is 4.23. The molecule has 1 nitrogen and oxygen atoms in total. The van der Waals surface area contributed by atoms with Gasteiger partial charge in [-0.3, -0.25) is 0 Å². The SMILES string of the molecule is [CH2+]C[C]1CC[N-]CC1. The molecule has 0 amide bonds. The summed E-state index contributed by atoms with van der Waals surface area (Å²) in [6.07, 6.45) is 3.42. The Balaban J connectivity index is 2.13. The first-order valence-corrected chi connectivity index (χ1v) is 3.19. The molecule has 0 aromatic carbocycles. The molecular weight excluding hydrogens is 98.1 g/mol. The lowest BCUT2D eigenvalue weighted by molar-refractivity contribution is 0.680. The van der Waals surface area contributed by atoms with Crippen molar-refractivity contribution in [1.82, 2.24) is 0 Å². The molecule has 0 bridgehead atoms. The minimum Gasteiger partial charge on any atom is -0.662 e. The highest BCUT2D eigenvalue weighted by atomic mass is 14.9. The van der Waals surface area contributed by atoms with E-state index in [-0.39, 0.29) is 0 Å². The summed E-state index contributed by atoms with van der Waals surface area (Å²) in [4.78, 5) is 0. The fourth-order valence-electron chi connectivity index (χ4n) is 0.961. The Morgan fingerprint density at radius 3 is 2.38 bits per heavy atom. The first-order valence-electron chi connectivity index (χ1n) is 3.19. The number of hydrogen-bond acceptors (Lipinski definition) is 0. The highest BCUT2D eigenvalue weighted by Crippen LogP contribution is 2.21. The Labute approximate surface area is 51.5 Å². The van der Waals surface area contributed by atoms with E-state index in [1.165, 1.54) is 12.8 Å². The summed E-state index contributed by atoms with van der Waals surface area (Å²) in [6, 6.07) is 0. The summed E-state index contributed by atoms with van der Waals surface area (Å²) >= 11 is 0. The molecule has 0 aromatic heterocycles. The quantitative estimate of drug-likeness (QED) is 0.458. The van der Waals surface area contributed by atoms with Crippen LogP contribution in [-0.2, 0) is 0 Å². The Morgan fingerprint density at radius 1 is 1.38 bits per heavy atom. The van der Waals surface area contributed by atoms with E-state index in [4.69, 9.17) is 0 Å². The number of nitrogens with zero attached hydrogens (tertiary/aromatic N) is 1. The summed E-state index contributed by atoms with van der Waals surface area (Å²) in [5, 5.41) is 4.23. The van der Waals surface area contributed by atoms with Crippen molar-refractivity contribution in [2.45, 2.75) is 19.3 Å². The van der Waals surface area contributed by atoms with Gasteiger partial charge in [-0.05, 0) is 0 Å². The van der Waals surface area contributed by atoms with Crippen molar-refractivity contribution in [3.8, 4) is 0 Å². The van der Waals surface area contributed by atoms with E-state index in [1.54, 1.807) is 5.92 Å². The maximum Gasteiger partial charge on any atom is 0.0912 e. The molecule has 1 heteroatoms. The van der Waals surface area contributed by atoms with Crippen molar-refractivity contribution in [3.63, 3.8) is 0 Å². The van der Waals surface area contributed by atoms with E-state index < -0.39 is 0 Å². The van der Waals surface area contributed by atoms with E-state index in [0.29, 0.717) is 0 Å². The van der Waals surface area contributed by atoms with Crippen molar-refractivity contribution < 1.29 is 0 Å². The second kappa shape index (κ2) is 2.98. The second-order valence-corrected chi connectivity index (χ2v) is 2.17. The van der Waals surface area contributed by atoms with E-state index in [0.717, 1.165) is 19.5 Å². The average molecular weight is 110 g/mol. The van der Waals surface area contributed by atoms with Crippen LogP contribution in [0.2, 0.25) is 0 Å². The van der Waals surface area contributed by atoms with Crippen LogP contribution >= 0.6 is 0 Å². The van der Waals surface area contributed by atoms with Crippen molar-refractivity contribution in [2.75, 3.05) is 13.1 Å². The minimum atomic E-state index is 1.02. The minimum absolute atomic E-state index is 1.02. The molecule has 0 aliphatic carbocycles. The summed E-state index contributed by atoms with van der Waals surface area (Å²) in [6.45, 7) is 5.92. The molecule has 1 heterocycles. The largest absolute Gasteiger partial charge is 0.662 e. The summed E-state index contributed by atoms with van der Waals surface area (Å²) < 4.78 is 0. The lowest BCUT2D eigenvalue weighted by Gasteiger charge is -2.28. The van der Waals surface area contributed by atoms with E-state index >= 15 is 0 Å². The number of rotatable bonds is 1. The fourth-order valence-corrected chi connectivity index (χ4v) is 0.961. The molecule has 1 fully saturated rings. The van der Waals surface area contributed by atoms with E-state index in [9.17, 15) is 0 Å². The Bertz CT molecular complexity index is 55.4. The third-order valence-corrected chi connectivity index (χ3v) is 1.60. The van der Waals surface area contributed by atoms with Gasteiger partial charge in [0.1, 0.15) is 0 Å². The average Bonchev–Trinajstić information content (AvgIpc) is 1.90. The molecule has 0 spiro atoms. The first-order chi connectivity index (χ1) is 3.93. The van der Waals surface area contributed by atoms with Gasteiger partial charge in [-0.1, -0.05) is 12.8 Å². The summed E-state index contributed by atoms with van der Waals surface area (Å²) in [7, 11) is 0. The van der Waals surface area contributed by atoms with Gasteiger partial charge in [0, 0.05) is 5.92 Å². The Hall–Kier alpha value is -0.170. The van der Waals surface area contributed by atoms with Crippen LogP contribution in [0.1, 0.15) is 19.3 Å². The van der Waals surface area contributed by atoms with Gasteiger partial charge in [-0.2, -0.15) is 0 Å². The molecular formula is C7H12N. The molecule has 1 saturated heterocycles. The second-order valence-electron chi connectivity index (χ2n) is 2.17. The van der Waals surface area contributed by atoms with Crippen LogP contribution in [0.4, 0.5) is 0 Å². The molecule has 0 unspecified atom stereocenters. The van der Waals surface area contributed by atoms with Gasteiger partial charge in [0.25, 0.3) is 0 Å². The van der Waals surface area contributed by atoms with Gasteiger partial charge >= 0.3 is 0 Å². The lowest BCUT2D eigenvalue weighted by Crippen LogP contribution is -2.08. The predicted octanol–water partition coefficient (Wildman–Crippen LogP) is 1.95. The summed E-state index contributed by atoms with van der Waals surface area (Å²) in [5.74, 6) is 1.60. The van der Waals surface area contributed by atoms with Crippen LogP contribution < -0.4 is 0 Å². The van der Waals surface area contributed by atoms with Crippen LogP contribution in [0, 0.1) is 12.8 Å². The fraction of sp³-hybridized carbons (Fsp3) is 0.714. The van der Waals surface area contributed by atoms with E-state index in [2.05, 4.69) is 12.2 Å². The first kappa shape index (κ1) is 5.96. The third kappa shape index (κ3) is 1.41. The van der Waals surface area contributed by atoms with Gasteiger partial charge in [0.05, 0.1) is 13.3 Å². The molecule has 1 aliphatic rings. The lowest BCUT2D eigenvalue weighted by atomic mass is 9.96. The topological polar surface area (TPSA) is 14.1 Å². The van der Waals surface area contributed by atoms with Crippen molar-refractivity contribution in [1.29, 1.82) is 0 Å². The van der Waals surface area contributed by atoms with Crippen LogP contribution in [0.15, 0.2) is 0 Å². The van der Waals surface area contributed by atoms with Gasteiger partial charge in [-0.15, -0.1) is 13.1 Å². The van der Waals surface area contributed by atoms with Gasteiger partial charge in [0.15, 0.2) is 0 Å². The molecule has 0 atom stereocenters. The van der Waals surface area contributed by atoms with Crippen LogP contribution in [0.25, 0.3) is 5.32 Å².